The number of nitrogens with one attached hydrogen (secondary N) is 1. The van der Waals surface area contributed by atoms with E-state index in [0.29, 0.717) is 18.2 Å². The molecule has 1 aromatic carbocycles. The molecule has 0 spiro atoms. The topological polar surface area (TPSA) is 75.5 Å². The highest BCUT2D eigenvalue weighted by Crippen LogP contribution is 2.29. The van der Waals surface area contributed by atoms with Gasteiger partial charge in [0, 0.05) is 31.4 Å². The highest BCUT2D eigenvalue weighted by molar-refractivity contribution is 5.99. The summed E-state index contributed by atoms with van der Waals surface area (Å²) in [4.78, 5) is 25.2. The number of nitrogens with zero attached hydrogens (tertiary/aromatic N) is 2. The van der Waals surface area contributed by atoms with Crippen LogP contribution in [0.1, 0.15) is 37.0 Å². The van der Waals surface area contributed by atoms with Gasteiger partial charge in [0.05, 0.1) is 4.92 Å². The Labute approximate surface area is 124 Å². The minimum absolute atomic E-state index is 0.101. The van der Waals surface area contributed by atoms with E-state index in [4.69, 9.17) is 0 Å². The van der Waals surface area contributed by atoms with E-state index in [1.165, 1.54) is 6.07 Å². The predicted octanol–water partition coefficient (Wildman–Crippen LogP) is 2.90. The van der Waals surface area contributed by atoms with Crippen molar-refractivity contribution in [2.75, 3.05) is 18.9 Å². The normalized spacial score (nSPS) is 22.0. The molecule has 1 fully saturated rings. The van der Waals surface area contributed by atoms with E-state index >= 15 is 0 Å². The quantitative estimate of drug-likeness (QED) is 0.686. The molecule has 114 valence electrons. The van der Waals surface area contributed by atoms with Crippen molar-refractivity contribution in [2.45, 2.75) is 32.7 Å². The Bertz CT molecular complexity index is 559. The molecule has 1 saturated heterocycles. The van der Waals surface area contributed by atoms with Crippen molar-refractivity contribution in [2.24, 2.45) is 5.92 Å². The van der Waals surface area contributed by atoms with Crippen LogP contribution in [0.3, 0.4) is 0 Å². The molecule has 1 heterocycles. The summed E-state index contributed by atoms with van der Waals surface area (Å²) in [6.45, 7) is 4.78. The number of nitro benzene ring substituents is 1. The van der Waals surface area contributed by atoms with E-state index in [0.717, 1.165) is 12.8 Å². The zero-order valence-corrected chi connectivity index (χ0v) is 12.6. The highest BCUT2D eigenvalue weighted by Gasteiger charge is 2.32. The molecule has 1 N–H and O–H groups in total. The lowest BCUT2D eigenvalue weighted by atomic mass is 9.91. The first-order valence-corrected chi connectivity index (χ1v) is 7.23. The van der Waals surface area contributed by atoms with Crippen molar-refractivity contribution in [3.8, 4) is 0 Å². The summed E-state index contributed by atoms with van der Waals surface area (Å²) in [6.07, 6.45) is 2.03. The average molecular weight is 291 g/mol. The summed E-state index contributed by atoms with van der Waals surface area (Å²) in [6, 6.07) is 4.66. The van der Waals surface area contributed by atoms with Crippen LogP contribution in [0.2, 0.25) is 0 Å². The van der Waals surface area contributed by atoms with Gasteiger partial charge in [-0.1, -0.05) is 6.92 Å². The smallest absolute Gasteiger partial charge is 0.282 e. The minimum Gasteiger partial charge on any atom is -0.388 e. The standard InChI is InChI=1S/C15H21N3O3/c1-10-5-4-8-17(11(10)2)15(19)13-9-12(16-3)6-7-14(13)18(20)21/h6-7,9-11,16H,4-5,8H2,1-3H3. The van der Waals surface area contributed by atoms with Crippen LogP contribution in [0.25, 0.3) is 0 Å². The van der Waals surface area contributed by atoms with Gasteiger partial charge in [-0.25, -0.2) is 0 Å². The third kappa shape index (κ3) is 2.99. The number of piperidine rings is 1. The molecule has 2 unspecified atom stereocenters. The van der Waals surface area contributed by atoms with Crippen molar-refractivity contribution >= 4 is 17.3 Å². The van der Waals surface area contributed by atoms with E-state index in [1.54, 1.807) is 24.1 Å². The monoisotopic (exact) mass is 291 g/mol. The van der Waals surface area contributed by atoms with E-state index in [1.807, 2.05) is 6.92 Å². The molecule has 1 amide bonds. The van der Waals surface area contributed by atoms with E-state index < -0.39 is 4.92 Å². The van der Waals surface area contributed by atoms with Gasteiger partial charge in [0.15, 0.2) is 0 Å². The van der Waals surface area contributed by atoms with Crippen molar-refractivity contribution in [3.05, 3.63) is 33.9 Å². The molecule has 6 heteroatoms. The van der Waals surface area contributed by atoms with Crippen LogP contribution < -0.4 is 5.32 Å². The highest BCUT2D eigenvalue weighted by atomic mass is 16.6. The van der Waals surface area contributed by atoms with Crippen LogP contribution in [0.5, 0.6) is 0 Å². The van der Waals surface area contributed by atoms with Crippen LogP contribution in [0.15, 0.2) is 18.2 Å². The Morgan fingerprint density at radius 2 is 2.14 bits per heavy atom. The summed E-state index contributed by atoms with van der Waals surface area (Å²) < 4.78 is 0. The summed E-state index contributed by atoms with van der Waals surface area (Å²) >= 11 is 0. The van der Waals surface area contributed by atoms with Gasteiger partial charge >= 0.3 is 0 Å². The number of carbonyl (C=O) groups excluding carboxylic acids is 1. The minimum atomic E-state index is -0.495. The largest absolute Gasteiger partial charge is 0.388 e. The Morgan fingerprint density at radius 3 is 2.76 bits per heavy atom. The Morgan fingerprint density at radius 1 is 1.43 bits per heavy atom. The lowest BCUT2D eigenvalue weighted by Crippen LogP contribution is -2.46. The Hall–Kier alpha value is -2.11. The molecule has 1 aromatic rings. The third-order valence-corrected chi connectivity index (χ3v) is 4.35. The third-order valence-electron chi connectivity index (χ3n) is 4.35. The fourth-order valence-electron chi connectivity index (χ4n) is 2.80. The number of hydrogen-bond acceptors (Lipinski definition) is 4. The Balaban J connectivity index is 2.39. The van der Waals surface area contributed by atoms with E-state index in [2.05, 4.69) is 12.2 Å². The second-order valence-electron chi connectivity index (χ2n) is 5.60. The van der Waals surface area contributed by atoms with Crippen LogP contribution >= 0.6 is 0 Å². The molecule has 0 radical (unpaired) electrons. The second-order valence-corrected chi connectivity index (χ2v) is 5.60. The summed E-state index contributed by atoms with van der Waals surface area (Å²) in [5, 5.41) is 14.1. The molecular weight excluding hydrogens is 270 g/mol. The summed E-state index contributed by atoms with van der Waals surface area (Å²) in [7, 11) is 1.72. The number of amides is 1. The second kappa shape index (κ2) is 6.11. The maximum absolute atomic E-state index is 12.7. The number of benzene rings is 1. The Kier molecular flexibility index (Phi) is 4.45. The zero-order chi connectivity index (χ0) is 15.6. The molecule has 1 aliphatic rings. The molecule has 0 aromatic heterocycles. The number of rotatable bonds is 3. The van der Waals surface area contributed by atoms with Gasteiger partial charge in [-0.2, -0.15) is 0 Å². The number of anilines is 1. The van der Waals surface area contributed by atoms with Crippen LogP contribution in [0.4, 0.5) is 11.4 Å². The molecule has 1 aliphatic heterocycles. The average Bonchev–Trinajstić information content (AvgIpc) is 2.48. The van der Waals surface area contributed by atoms with Crippen LogP contribution in [-0.4, -0.2) is 35.4 Å². The van der Waals surface area contributed by atoms with Crippen molar-refractivity contribution in [3.63, 3.8) is 0 Å². The summed E-state index contributed by atoms with van der Waals surface area (Å²) in [5.74, 6) is 0.159. The molecule has 0 saturated carbocycles. The van der Waals surface area contributed by atoms with Gasteiger partial charge in [-0.15, -0.1) is 0 Å². The molecule has 6 nitrogen and oxygen atoms in total. The van der Waals surface area contributed by atoms with Crippen molar-refractivity contribution in [1.29, 1.82) is 0 Å². The zero-order valence-electron chi connectivity index (χ0n) is 12.6. The van der Waals surface area contributed by atoms with E-state index in [9.17, 15) is 14.9 Å². The number of carbonyl (C=O) groups is 1. The van der Waals surface area contributed by atoms with Gasteiger partial charge in [0.25, 0.3) is 11.6 Å². The van der Waals surface area contributed by atoms with Gasteiger partial charge in [0.1, 0.15) is 5.56 Å². The molecule has 0 bridgehead atoms. The first-order valence-electron chi connectivity index (χ1n) is 7.23. The van der Waals surface area contributed by atoms with E-state index in [-0.39, 0.29) is 23.2 Å². The molecule has 2 atom stereocenters. The molecule has 0 aliphatic carbocycles. The number of hydrogen-bond donors (Lipinski definition) is 1. The van der Waals surface area contributed by atoms with Crippen LogP contribution in [-0.2, 0) is 0 Å². The first kappa shape index (κ1) is 15.3. The first-order chi connectivity index (χ1) is 9.95. The van der Waals surface area contributed by atoms with Crippen LogP contribution in [0, 0.1) is 16.0 Å². The van der Waals surface area contributed by atoms with Gasteiger partial charge < -0.3 is 10.2 Å². The maximum atomic E-state index is 12.7. The van der Waals surface area contributed by atoms with Gasteiger partial charge in [0.2, 0.25) is 0 Å². The molecular formula is C15H21N3O3. The fraction of sp³-hybridized carbons (Fsp3) is 0.533. The molecule has 21 heavy (non-hydrogen) atoms. The fourth-order valence-corrected chi connectivity index (χ4v) is 2.80. The summed E-state index contributed by atoms with van der Waals surface area (Å²) in [5.41, 5.74) is 0.721. The SMILES string of the molecule is CNc1ccc([N+](=O)[O-])c(C(=O)N2CCCC(C)C2C)c1. The lowest BCUT2D eigenvalue weighted by molar-refractivity contribution is -0.385. The predicted molar refractivity (Wildman–Crippen MR) is 81.5 cm³/mol. The molecule has 2 rings (SSSR count). The van der Waals surface area contributed by atoms with Crippen molar-refractivity contribution in [1.82, 2.24) is 4.90 Å². The van der Waals surface area contributed by atoms with Gasteiger partial charge in [-0.3, -0.25) is 14.9 Å². The number of likely N-dealkylation sites (tertiary alicyclic amines) is 1. The maximum Gasteiger partial charge on any atom is 0.282 e. The van der Waals surface area contributed by atoms with Gasteiger partial charge in [-0.05, 0) is 37.8 Å². The van der Waals surface area contributed by atoms with Crippen molar-refractivity contribution < 1.29 is 9.72 Å². The lowest BCUT2D eigenvalue weighted by Gasteiger charge is -2.37. The number of nitro groups is 1.